The van der Waals surface area contributed by atoms with E-state index in [1.54, 1.807) is 0 Å². The van der Waals surface area contributed by atoms with E-state index >= 15 is 0 Å². The lowest BCUT2D eigenvalue weighted by Gasteiger charge is -2.19. The Bertz CT molecular complexity index is 148. The zero-order valence-electron chi connectivity index (χ0n) is 8.88. The topological polar surface area (TPSA) is 35.2 Å². The van der Waals surface area contributed by atoms with E-state index in [0.717, 1.165) is 12.8 Å². The summed E-state index contributed by atoms with van der Waals surface area (Å²) in [7, 11) is 0. The van der Waals surface area contributed by atoms with Crippen molar-refractivity contribution < 1.29 is 4.74 Å². The highest BCUT2D eigenvalue weighted by Crippen LogP contribution is 2.14. The molecule has 0 amide bonds. The van der Waals surface area contributed by atoms with Crippen LogP contribution in [0, 0.1) is 5.92 Å². The lowest BCUT2D eigenvalue weighted by molar-refractivity contribution is 0.152. The SMILES string of the molecule is CCCCC(CC(C)C)OC(N)=S. The van der Waals surface area contributed by atoms with Crippen LogP contribution in [0.5, 0.6) is 0 Å². The van der Waals surface area contributed by atoms with Crippen molar-refractivity contribution in [2.24, 2.45) is 11.7 Å². The molecule has 0 bridgehead atoms. The van der Waals surface area contributed by atoms with Gasteiger partial charge < -0.3 is 10.5 Å². The lowest BCUT2D eigenvalue weighted by Crippen LogP contribution is -2.23. The number of hydrogen-bond acceptors (Lipinski definition) is 2. The summed E-state index contributed by atoms with van der Waals surface area (Å²) < 4.78 is 5.37. The minimum atomic E-state index is 0.182. The van der Waals surface area contributed by atoms with E-state index in [1.165, 1.54) is 12.8 Å². The maximum Gasteiger partial charge on any atom is 0.254 e. The van der Waals surface area contributed by atoms with Crippen molar-refractivity contribution in [2.45, 2.75) is 52.6 Å². The molecule has 2 N–H and O–H groups in total. The van der Waals surface area contributed by atoms with Crippen LogP contribution in [-0.2, 0) is 4.74 Å². The van der Waals surface area contributed by atoms with Gasteiger partial charge in [0.2, 0.25) is 0 Å². The standard InChI is InChI=1S/C10H21NOS/c1-4-5-6-9(7-8(2)3)12-10(11)13/h8-9H,4-7H2,1-3H3,(H2,11,13). The third-order valence-corrected chi connectivity index (χ3v) is 1.99. The summed E-state index contributed by atoms with van der Waals surface area (Å²) in [5, 5.41) is 0.182. The van der Waals surface area contributed by atoms with Gasteiger partial charge in [-0.05, 0) is 31.0 Å². The zero-order valence-corrected chi connectivity index (χ0v) is 9.69. The van der Waals surface area contributed by atoms with E-state index in [2.05, 4.69) is 20.8 Å². The average molecular weight is 203 g/mol. The van der Waals surface area contributed by atoms with Gasteiger partial charge in [-0.3, -0.25) is 0 Å². The van der Waals surface area contributed by atoms with Gasteiger partial charge in [0.1, 0.15) is 6.10 Å². The summed E-state index contributed by atoms with van der Waals surface area (Å²) in [4.78, 5) is 0. The van der Waals surface area contributed by atoms with Crippen molar-refractivity contribution >= 4 is 17.4 Å². The van der Waals surface area contributed by atoms with E-state index in [9.17, 15) is 0 Å². The molecule has 0 fully saturated rings. The molecule has 0 aromatic rings. The second-order valence-electron chi connectivity index (χ2n) is 3.83. The lowest BCUT2D eigenvalue weighted by atomic mass is 10.0. The molecule has 0 aliphatic carbocycles. The second kappa shape index (κ2) is 7.13. The van der Waals surface area contributed by atoms with Gasteiger partial charge in [-0.15, -0.1) is 0 Å². The number of hydrogen-bond donors (Lipinski definition) is 1. The van der Waals surface area contributed by atoms with Crippen LogP contribution in [0.3, 0.4) is 0 Å². The van der Waals surface area contributed by atoms with Crippen molar-refractivity contribution in [2.75, 3.05) is 0 Å². The van der Waals surface area contributed by atoms with Crippen LogP contribution in [0.2, 0.25) is 0 Å². The predicted molar refractivity (Wildman–Crippen MR) is 60.6 cm³/mol. The summed E-state index contributed by atoms with van der Waals surface area (Å²) in [6.45, 7) is 6.54. The Hall–Kier alpha value is -0.310. The molecule has 2 nitrogen and oxygen atoms in total. The maximum absolute atomic E-state index is 5.37. The molecule has 1 atom stereocenters. The van der Waals surface area contributed by atoms with Crippen molar-refractivity contribution in [3.05, 3.63) is 0 Å². The fourth-order valence-corrected chi connectivity index (χ4v) is 1.48. The quantitative estimate of drug-likeness (QED) is 0.674. The summed E-state index contributed by atoms with van der Waals surface area (Å²) in [6.07, 6.45) is 4.69. The van der Waals surface area contributed by atoms with Gasteiger partial charge >= 0.3 is 0 Å². The first kappa shape index (κ1) is 12.7. The molecule has 0 aliphatic heterocycles. The van der Waals surface area contributed by atoms with Gasteiger partial charge in [-0.2, -0.15) is 0 Å². The highest BCUT2D eigenvalue weighted by molar-refractivity contribution is 7.80. The average Bonchev–Trinajstić information content (AvgIpc) is 1.98. The fraction of sp³-hybridized carbons (Fsp3) is 0.900. The molecule has 0 spiro atoms. The van der Waals surface area contributed by atoms with E-state index in [4.69, 9.17) is 22.7 Å². The Morgan fingerprint density at radius 1 is 1.46 bits per heavy atom. The number of thiocarbonyl (C=S) groups is 1. The van der Waals surface area contributed by atoms with Gasteiger partial charge in [-0.1, -0.05) is 33.6 Å². The zero-order chi connectivity index (χ0) is 10.3. The van der Waals surface area contributed by atoms with Crippen LogP contribution in [0.25, 0.3) is 0 Å². The Morgan fingerprint density at radius 3 is 2.46 bits per heavy atom. The van der Waals surface area contributed by atoms with E-state index in [-0.39, 0.29) is 11.3 Å². The molecule has 0 heterocycles. The first-order valence-corrected chi connectivity index (χ1v) is 5.43. The number of nitrogens with two attached hydrogens (primary N) is 1. The first-order chi connectivity index (χ1) is 6.06. The predicted octanol–water partition coefficient (Wildman–Crippen LogP) is 2.85. The molecular weight excluding hydrogens is 182 g/mol. The van der Waals surface area contributed by atoms with Crippen LogP contribution < -0.4 is 5.73 Å². The van der Waals surface area contributed by atoms with E-state index in [0.29, 0.717) is 5.92 Å². The minimum absolute atomic E-state index is 0.182. The molecule has 0 saturated heterocycles. The molecule has 0 aromatic heterocycles. The van der Waals surface area contributed by atoms with Crippen LogP contribution in [0.1, 0.15) is 46.5 Å². The van der Waals surface area contributed by atoms with E-state index < -0.39 is 0 Å². The molecule has 0 rings (SSSR count). The highest BCUT2D eigenvalue weighted by Gasteiger charge is 2.11. The normalized spacial score (nSPS) is 12.9. The highest BCUT2D eigenvalue weighted by atomic mass is 32.1. The summed E-state index contributed by atoms with van der Waals surface area (Å²) in [6, 6.07) is 0. The molecular formula is C10H21NOS. The van der Waals surface area contributed by atoms with Crippen molar-refractivity contribution in [3.8, 4) is 0 Å². The van der Waals surface area contributed by atoms with Gasteiger partial charge in [0.15, 0.2) is 0 Å². The van der Waals surface area contributed by atoms with Crippen molar-refractivity contribution in [1.82, 2.24) is 0 Å². The molecule has 78 valence electrons. The van der Waals surface area contributed by atoms with E-state index in [1.807, 2.05) is 0 Å². The summed E-state index contributed by atoms with van der Waals surface area (Å²) >= 11 is 4.73. The largest absolute Gasteiger partial charge is 0.468 e. The number of unbranched alkanes of at least 4 members (excludes halogenated alkanes) is 1. The van der Waals surface area contributed by atoms with Crippen LogP contribution >= 0.6 is 12.2 Å². The second-order valence-corrected chi connectivity index (χ2v) is 4.23. The number of rotatable bonds is 6. The van der Waals surface area contributed by atoms with Crippen molar-refractivity contribution in [1.29, 1.82) is 0 Å². The molecule has 0 saturated carbocycles. The van der Waals surface area contributed by atoms with Gasteiger partial charge in [0, 0.05) is 0 Å². The smallest absolute Gasteiger partial charge is 0.254 e. The Kier molecular flexibility index (Phi) is 6.96. The van der Waals surface area contributed by atoms with Gasteiger partial charge in [0.05, 0.1) is 0 Å². The van der Waals surface area contributed by atoms with Crippen LogP contribution in [0.15, 0.2) is 0 Å². The molecule has 1 unspecified atom stereocenters. The Balaban J connectivity index is 3.80. The number of ether oxygens (including phenoxy) is 1. The van der Waals surface area contributed by atoms with Gasteiger partial charge in [-0.25, -0.2) is 0 Å². The summed E-state index contributed by atoms with van der Waals surface area (Å²) in [5.41, 5.74) is 5.35. The Morgan fingerprint density at radius 2 is 2.08 bits per heavy atom. The van der Waals surface area contributed by atoms with Gasteiger partial charge in [0.25, 0.3) is 5.17 Å². The van der Waals surface area contributed by atoms with Crippen LogP contribution in [0.4, 0.5) is 0 Å². The first-order valence-electron chi connectivity index (χ1n) is 5.02. The molecule has 3 heteroatoms. The third kappa shape index (κ3) is 8.03. The molecule has 0 radical (unpaired) electrons. The molecule has 0 aliphatic rings. The summed E-state index contributed by atoms with van der Waals surface area (Å²) in [5.74, 6) is 0.635. The fourth-order valence-electron chi connectivity index (χ4n) is 1.35. The molecule has 13 heavy (non-hydrogen) atoms. The monoisotopic (exact) mass is 203 g/mol. The van der Waals surface area contributed by atoms with Crippen LogP contribution in [-0.4, -0.2) is 11.3 Å². The molecule has 0 aromatic carbocycles. The Labute approximate surface area is 86.8 Å². The minimum Gasteiger partial charge on any atom is -0.468 e. The third-order valence-electron chi connectivity index (χ3n) is 1.90. The maximum atomic E-state index is 5.37. The van der Waals surface area contributed by atoms with Crippen molar-refractivity contribution in [3.63, 3.8) is 0 Å².